The Labute approximate surface area is 145 Å². The van der Waals surface area contributed by atoms with Crippen LogP contribution in [0.3, 0.4) is 0 Å². The first-order chi connectivity index (χ1) is 11.5. The second-order valence-corrected chi connectivity index (χ2v) is 6.33. The number of halogens is 4. The van der Waals surface area contributed by atoms with Gasteiger partial charge in [0.2, 0.25) is 11.2 Å². The molecule has 0 radical (unpaired) electrons. The van der Waals surface area contributed by atoms with Gasteiger partial charge in [0.15, 0.2) is 11.0 Å². The van der Waals surface area contributed by atoms with Crippen molar-refractivity contribution < 1.29 is 18.3 Å². The third-order valence-electron chi connectivity index (χ3n) is 4.31. The Morgan fingerprint density at radius 1 is 1.29 bits per heavy atom. The van der Waals surface area contributed by atoms with Crippen molar-refractivity contribution in [2.45, 2.75) is 12.2 Å². The third-order valence-corrected chi connectivity index (χ3v) is 4.73. The van der Waals surface area contributed by atoms with Gasteiger partial charge < -0.3 is 14.4 Å². The number of alkyl halides is 1. The second kappa shape index (κ2) is 5.79. The van der Waals surface area contributed by atoms with Gasteiger partial charge in [-0.15, -0.1) is 0 Å². The van der Waals surface area contributed by atoms with E-state index in [9.17, 15) is 8.78 Å². The number of fused-ring (bicyclic) bond motifs is 2. The lowest BCUT2D eigenvalue weighted by atomic mass is 10.2. The highest BCUT2D eigenvalue weighted by Gasteiger charge is 2.56. The van der Waals surface area contributed by atoms with Gasteiger partial charge in [0, 0.05) is 12.5 Å². The molecule has 0 unspecified atom stereocenters. The normalized spacial score (nSPS) is 26.2. The van der Waals surface area contributed by atoms with E-state index in [2.05, 4.69) is 15.0 Å². The number of rotatable bonds is 2. The molecule has 24 heavy (non-hydrogen) atoms. The van der Waals surface area contributed by atoms with Crippen molar-refractivity contribution in [3.63, 3.8) is 0 Å². The van der Waals surface area contributed by atoms with Crippen molar-refractivity contribution in [2.24, 2.45) is 5.92 Å². The molecule has 2 aromatic heterocycles. The highest BCUT2D eigenvalue weighted by Crippen LogP contribution is 2.45. The molecule has 2 aromatic rings. The summed E-state index contributed by atoms with van der Waals surface area (Å²) in [5.41, 5.74) is -0.111. The van der Waals surface area contributed by atoms with Crippen LogP contribution >= 0.6 is 23.2 Å². The van der Waals surface area contributed by atoms with Gasteiger partial charge >= 0.3 is 0 Å². The fourth-order valence-electron chi connectivity index (χ4n) is 3.11. The number of pyridine rings is 1. The van der Waals surface area contributed by atoms with E-state index >= 15 is 0 Å². The second-order valence-electron chi connectivity index (χ2n) is 5.63. The molecule has 10 heteroatoms. The summed E-state index contributed by atoms with van der Waals surface area (Å²) in [6.07, 6.45) is -1.04. The predicted octanol–water partition coefficient (Wildman–Crippen LogP) is 2.65. The largest absolute Gasteiger partial charge is 0.480 e. The van der Waals surface area contributed by atoms with Crippen molar-refractivity contribution in [3.8, 4) is 5.88 Å². The van der Waals surface area contributed by atoms with Crippen LogP contribution in [0.25, 0.3) is 10.9 Å². The summed E-state index contributed by atoms with van der Waals surface area (Å²) < 4.78 is 39.1. The predicted molar refractivity (Wildman–Crippen MR) is 84.2 cm³/mol. The van der Waals surface area contributed by atoms with E-state index < -0.39 is 18.0 Å². The van der Waals surface area contributed by atoms with Gasteiger partial charge in [-0.25, -0.2) is 13.8 Å². The molecule has 3 atom stereocenters. The van der Waals surface area contributed by atoms with E-state index in [4.69, 9.17) is 32.7 Å². The summed E-state index contributed by atoms with van der Waals surface area (Å²) in [6, 6.07) is -0.398. The van der Waals surface area contributed by atoms with Crippen LogP contribution in [0, 0.1) is 11.7 Å². The molecule has 0 aromatic carbocycles. The molecular formula is C14H12Cl2F2N4O2. The zero-order valence-electron chi connectivity index (χ0n) is 12.5. The fraction of sp³-hybridized carbons (Fsp3) is 0.500. The highest BCUT2D eigenvalue weighted by atomic mass is 35.5. The van der Waals surface area contributed by atoms with Crippen molar-refractivity contribution in [3.05, 3.63) is 16.3 Å². The van der Waals surface area contributed by atoms with Crippen LogP contribution in [-0.2, 0) is 4.74 Å². The zero-order valence-corrected chi connectivity index (χ0v) is 14.0. The molecular weight excluding hydrogens is 365 g/mol. The fourth-order valence-corrected chi connectivity index (χ4v) is 3.44. The molecule has 0 spiro atoms. The van der Waals surface area contributed by atoms with Crippen molar-refractivity contribution in [2.75, 3.05) is 31.8 Å². The van der Waals surface area contributed by atoms with Gasteiger partial charge in [-0.3, -0.25) is 0 Å². The number of ether oxygens (including phenoxy) is 2. The number of anilines is 1. The average molecular weight is 377 g/mol. The van der Waals surface area contributed by atoms with Crippen molar-refractivity contribution in [1.82, 2.24) is 15.0 Å². The molecule has 2 fully saturated rings. The minimum Gasteiger partial charge on any atom is -0.480 e. The molecule has 1 saturated carbocycles. The maximum atomic E-state index is 14.4. The molecule has 1 aliphatic heterocycles. The van der Waals surface area contributed by atoms with E-state index in [1.165, 1.54) is 7.11 Å². The van der Waals surface area contributed by atoms with E-state index in [0.29, 0.717) is 19.8 Å². The van der Waals surface area contributed by atoms with Crippen molar-refractivity contribution >= 4 is 39.9 Å². The molecule has 6 nitrogen and oxygen atoms in total. The Morgan fingerprint density at radius 3 is 2.83 bits per heavy atom. The first kappa shape index (κ1) is 16.0. The molecule has 0 amide bonds. The summed E-state index contributed by atoms with van der Waals surface area (Å²) in [5.74, 6) is -0.743. The summed E-state index contributed by atoms with van der Waals surface area (Å²) >= 11 is 11.7. The smallest absolute Gasteiger partial charge is 0.228 e. The summed E-state index contributed by atoms with van der Waals surface area (Å²) in [5, 5.41) is -0.339. The van der Waals surface area contributed by atoms with E-state index in [0.717, 1.165) is 0 Å². The Kier molecular flexibility index (Phi) is 3.85. The Balaban J connectivity index is 1.96. The summed E-state index contributed by atoms with van der Waals surface area (Å²) in [6.45, 7) is 1.13. The van der Waals surface area contributed by atoms with Gasteiger partial charge in [0.1, 0.15) is 22.9 Å². The van der Waals surface area contributed by atoms with Crippen molar-refractivity contribution in [1.29, 1.82) is 0 Å². The minimum absolute atomic E-state index is 0.0563. The Hall–Kier alpha value is -1.51. The molecule has 0 bridgehead atoms. The molecule has 1 aliphatic carbocycles. The first-order valence-corrected chi connectivity index (χ1v) is 8.03. The molecule has 3 heterocycles. The lowest BCUT2D eigenvalue weighted by Crippen LogP contribution is -2.31. The van der Waals surface area contributed by atoms with Crippen LogP contribution in [0.1, 0.15) is 0 Å². The van der Waals surface area contributed by atoms with Gasteiger partial charge in [-0.05, 0) is 11.6 Å². The van der Waals surface area contributed by atoms with Gasteiger partial charge in [-0.1, -0.05) is 11.6 Å². The van der Waals surface area contributed by atoms with Crippen LogP contribution in [0.5, 0.6) is 5.88 Å². The molecule has 1 saturated heterocycles. The van der Waals surface area contributed by atoms with Crippen LogP contribution in [0.15, 0.2) is 0 Å². The van der Waals surface area contributed by atoms with Crippen LogP contribution in [-0.4, -0.2) is 54.0 Å². The lowest BCUT2D eigenvalue weighted by Gasteiger charge is -2.24. The lowest BCUT2D eigenvalue weighted by molar-refractivity contribution is 0.131. The highest BCUT2D eigenvalue weighted by molar-refractivity contribution is 6.31. The maximum absolute atomic E-state index is 14.4. The third kappa shape index (κ3) is 2.35. The Bertz CT molecular complexity index is 825. The number of hydrogen-bond acceptors (Lipinski definition) is 6. The number of hydrogen-bond donors (Lipinski definition) is 0. The van der Waals surface area contributed by atoms with Crippen LogP contribution in [0.4, 0.5) is 14.6 Å². The van der Waals surface area contributed by atoms with Gasteiger partial charge in [0.25, 0.3) is 0 Å². The quantitative estimate of drug-likeness (QED) is 0.593. The topological polar surface area (TPSA) is 60.4 Å². The van der Waals surface area contributed by atoms with E-state index in [-0.39, 0.29) is 39.0 Å². The number of nitrogens with zero attached hydrogens (tertiary/aromatic N) is 4. The first-order valence-electron chi connectivity index (χ1n) is 7.27. The average Bonchev–Trinajstić information content (AvgIpc) is 3.25. The minimum atomic E-state index is -1.04. The molecule has 4 rings (SSSR count). The summed E-state index contributed by atoms with van der Waals surface area (Å²) in [4.78, 5) is 13.7. The number of aromatic nitrogens is 3. The van der Waals surface area contributed by atoms with Gasteiger partial charge in [-0.2, -0.15) is 9.97 Å². The van der Waals surface area contributed by atoms with Crippen LogP contribution < -0.4 is 9.64 Å². The molecule has 2 aliphatic rings. The van der Waals surface area contributed by atoms with Gasteiger partial charge in [0.05, 0.1) is 26.4 Å². The standard InChI is InChI=1S/C14H12Cl2F2N4O2/c1-23-13-6-9(8(18)11(15)20-13)19-14(16)21-12(6)22-2-3-24-4-5-7(17)10(5)22/h5,7,10H,2-4H2,1H3/t5-,7-,10-/m0/s1. The SMILES string of the molecule is COc1nc(Cl)c(F)c2nc(Cl)nc(N3CCOC[C@H]4[C@H](F)[C@H]43)c12. The van der Waals surface area contributed by atoms with E-state index in [1.807, 2.05) is 0 Å². The Morgan fingerprint density at radius 2 is 2.08 bits per heavy atom. The molecule has 0 N–H and O–H groups in total. The maximum Gasteiger partial charge on any atom is 0.228 e. The van der Waals surface area contributed by atoms with Crippen LogP contribution in [0.2, 0.25) is 10.4 Å². The number of methoxy groups -OCH3 is 1. The zero-order chi connectivity index (χ0) is 17.0. The molecule has 128 valence electrons. The monoisotopic (exact) mass is 376 g/mol. The summed E-state index contributed by atoms with van der Waals surface area (Å²) in [7, 11) is 1.37. The van der Waals surface area contributed by atoms with E-state index in [1.54, 1.807) is 4.90 Å².